The van der Waals surface area contributed by atoms with Crippen LogP contribution >= 0.6 is 22.6 Å². The van der Waals surface area contributed by atoms with Crippen LogP contribution in [0.5, 0.6) is 17.2 Å². The molecule has 5 N–H and O–H groups in total. The Kier molecular flexibility index (Phi) is 9.37. The van der Waals surface area contributed by atoms with Gasteiger partial charge in [0.15, 0.2) is 11.5 Å². The van der Waals surface area contributed by atoms with E-state index in [-0.39, 0.29) is 22.4 Å². The van der Waals surface area contributed by atoms with Crippen molar-refractivity contribution < 1.29 is 46.4 Å². The number of nitrogens with one attached hydrogen (secondary N) is 2. The fourth-order valence-corrected chi connectivity index (χ4v) is 5.61. The molecule has 0 bridgehead atoms. The van der Waals surface area contributed by atoms with Gasteiger partial charge in [0.2, 0.25) is 0 Å². The third kappa shape index (κ3) is 7.74. The molecule has 42 heavy (non-hydrogen) atoms. The number of carboxylic acids is 1. The monoisotopic (exact) mass is 716 g/mol. The molecule has 1 unspecified atom stereocenters. The summed E-state index contributed by atoms with van der Waals surface area (Å²) in [7, 11) is -3.68. The molecule has 0 amide bonds. The van der Waals surface area contributed by atoms with Crippen molar-refractivity contribution in [3.63, 3.8) is 0 Å². The fraction of sp³-hybridized carbons (Fsp3) is 0.179. The van der Waals surface area contributed by atoms with Crippen molar-refractivity contribution in [2.45, 2.75) is 23.5 Å². The van der Waals surface area contributed by atoms with E-state index in [1.54, 1.807) is 48.5 Å². The summed E-state index contributed by atoms with van der Waals surface area (Å²) in [6.07, 6.45) is -4.31. The molecule has 4 aromatic rings. The summed E-state index contributed by atoms with van der Waals surface area (Å²) in [6.45, 7) is 1.11. The maximum atomic E-state index is 12.7. The Labute approximate surface area is 252 Å². The number of sulfonamides is 1. The average molecular weight is 716 g/mol. The van der Waals surface area contributed by atoms with Crippen molar-refractivity contribution in [3.8, 4) is 17.2 Å². The zero-order valence-corrected chi connectivity index (χ0v) is 24.5. The normalized spacial score (nSPS) is 14.8. The van der Waals surface area contributed by atoms with Gasteiger partial charge in [-0.15, -0.1) is 0 Å². The van der Waals surface area contributed by atoms with E-state index in [0.29, 0.717) is 18.0 Å². The number of benzene rings is 4. The Morgan fingerprint density at radius 2 is 1.60 bits per heavy atom. The molecule has 0 aliphatic carbocycles. The van der Waals surface area contributed by atoms with E-state index < -0.39 is 22.2 Å². The lowest BCUT2D eigenvalue weighted by Gasteiger charge is -2.27. The van der Waals surface area contributed by atoms with Crippen LogP contribution in [0, 0.1) is 3.57 Å². The quantitative estimate of drug-likeness (QED) is 0.129. The van der Waals surface area contributed by atoms with Crippen LogP contribution in [0.3, 0.4) is 0 Å². The van der Waals surface area contributed by atoms with Crippen molar-refractivity contribution >= 4 is 55.0 Å². The van der Waals surface area contributed by atoms with Gasteiger partial charge in [-0.05, 0) is 118 Å². The first-order chi connectivity index (χ1) is 19.7. The molecular weight excluding hydrogens is 692 g/mol. The molecule has 0 radical (unpaired) electrons. The molecular formula is C28H24F3IN2O7S. The summed E-state index contributed by atoms with van der Waals surface area (Å²) in [5.74, 6) is -2.33. The Hall–Kier alpha value is -3.76. The third-order valence-corrected chi connectivity index (χ3v) is 8.36. The number of aromatic hydroxyl groups is 2. The van der Waals surface area contributed by atoms with Gasteiger partial charge < -0.3 is 25.4 Å². The van der Waals surface area contributed by atoms with Crippen LogP contribution in [0.25, 0.3) is 10.8 Å². The van der Waals surface area contributed by atoms with E-state index in [9.17, 15) is 31.8 Å². The summed E-state index contributed by atoms with van der Waals surface area (Å²) in [6, 6.07) is 20.8. The zero-order chi connectivity index (χ0) is 30.7. The molecule has 5 rings (SSSR count). The largest absolute Gasteiger partial charge is 0.504 e. The van der Waals surface area contributed by atoms with E-state index >= 15 is 0 Å². The smallest absolute Gasteiger partial charge is 0.490 e. The molecule has 0 aromatic heterocycles. The lowest BCUT2D eigenvalue weighted by molar-refractivity contribution is -0.192. The van der Waals surface area contributed by atoms with Crippen LogP contribution in [-0.2, 0) is 21.2 Å². The highest BCUT2D eigenvalue weighted by Gasteiger charge is 2.38. The SMILES string of the molecule is O=C(O)C(F)(F)F.O=S(=O)(Nc1ccc2cc(OCC3NCCc4cc(O)c(O)cc43)ccc2c1)c1ccc(I)cc1. The highest BCUT2D eigenvalue weighted by molar-refractivity contribution is 14.1. The first kappa shape index (κ1) is 31.2. The van der Waals surface area contributed by atoms with Crippen molar-refractivity contribution in [1.82, 2.24) is 5.32 Å². The minimum absolute atomic E-state index is 0.111. The standard InChI is InChI=1S/C26H23IN2O5S.C2HF3O2/c27-19-3-7-22(8-4-19)35(32,33)29-20-5-1-17-12-21(6-2-16(17)11-20)34-15-24-23-14-26(31)25(30)13-18(23)9-10-28-24;3-2(4,5)1(6)7/h1-8,11-14,24,28-31H,9-10,15H2;(H,6,7). The number of halogens is 4. The maximum absolute atomic E-state index is 12.7. The van der Waals surface area contributed by atoms with Gasteiger partial charge in [-0.1, -0.05) is 12.1 Å². The molecule has 0 spiro atoms. The van der Waals surface area contributed by atoms with Crippen molar-refractivity contribution in [2.24, 2.45) is 0 Å². The van der Waals surface area contributed by atoms with Crippen LogP contribution < -0.4 is 14.8 Å². The number of carbonyl (C=O) groups is 1. The van der Waals surface area contributed by atoms with Crippen molar-refractivity contribution in [2.75, 3.05) is 17.9 Å². The molecule has 0 fully saturated rings. The van der Waals surface area contributed by atoms with Crippen LogP contribution in [0.4, 0.5) is 18.9 Å². The molecule has 1 aliphatic rings. The lowest BCUT2D eigenvalue weighted by atomic mass is 9.94. The molecule has 0 saturated heterocycles. The molecule has 14 heteroatoms. The maximum Gasteiger partial charge on any atom is 0.490 e. The van der Waals surface area contributed by atoms with E-state index in [2.05, 4.69) is 32.6 Å². The Balaban J connectivity index is 0.000000517. The molecule has 9 nitrogen and oxygen atoms in total. The second kappa shape index (κ2) is 12.6. The number of phenolic OH excluding ortho intramolecular Hbond substituents is 2. The number of rotatable bonds is 6. The summed E-state index contributed by atoms with van der Waals surface area (Å²) in [4.78, 5) is 9.11. The van der Waals surface area contributed by atoms with Gasteiger partial charge in [0, 0.05) is 9.26 Å². The highest BCUT2D eigenvalue weighted by atomic mass is 127. The van der Waals surface area contributed by atoms with Gasteiger partial charge in [0.1, 0.15) is 12.4 Å². The van der Waals surface area contributed by atoms with Crippen molar-refractivity contribution in [1.29, 1.82) is 0 Å². The van der Waals surface area contributed by atoms with E-state index in [1.807, 2.05) is 24.3 Å². The van der Waals surface area contributed by atoms with Gasteiger partial charge in [-0.25, -0.2) is 13.2 Å². The van der Waals surface area contributed by atoms with Crippen LogP contribution in [0.1, 0.15) is 17.2 Å². The zero-order valence-electron chi connectivity index (χ0n) is 21.5. The minimum atomic E-state index is -5.08. The molecule has 1 heterocycles. The summed E-state index contributed by atoms with van der Waals surface area (Å²) >= 11 is 2.13. The predicted molar refractivity (Wildman–Crippen MR) is 157 cm³/mol. The number of anilines is 1. The molecule has 4 aromatic carbocycles. The van der Waals surface area contributed by atoms with Gasteiger partial charge in [0.25, 0.3) is 10.0 Å². The van der Waals surface area contributed by atoms with E-state index in [1.165, 1.54) is 0 Å². The van der Waals surface area contributed by atoms with Gasteiger partial charge in [0.05, 0.1) is 10.9 Å². The average Bonchev–Trinajstić information content (AvgIpc) is 2.92. The highest BCUT2D eigenvalue weighted by Crippen LogP contribution is 2.34. The first-order valence-electron chi connectivity index (χ1n) is 12.3. The minimum Gasteiger partial charge on any atom is -0.504 e. The number of ether oxygens (including phenoxy) is 1. The number of hydrogen-bond donors (Lipinski definition) is 5. The summed E-state index contributed by atoms with van der Waals surface area (Å²) in [5.41, 5.74) is 2.39. The Morgan fingerprint density at radius 3 is 2.26 bits per heavy atom. The second-order valence-electron chi connectivity index (χ2n) is 9.19. The fourth-order valence-electron chi connectivity index (χ4n) is 4.20. The number of hydrogen-bond acceptors (Lipinski definition) is 7. The van der Waals surface area contributed by atoms with Crippen LogP contribution in [-0.4, -0.2) is 49.0 Å². The van der Waals surface area contributed by atoms with Gasteiger partial charge in [-0.2, -0.15) is 13.2 Å². The van der Waals surface area contributed by atoms with Gasteiger partial charge >= 0.3 is 12.1 Å². The lowest BCUT2D eigenvalue weighted by Crippen LogP contribution is -2.33. The summed E-state index contributed by atoms with van der Waals surface area (Å²) < 4.78 is 66.8. The van der Waals surface area contributed by atoms with Crippen LogP contribution in [0.15, 0.2) is 77.7 Å². The van der Waals surface area contributed by atoms with E-state index in [0.717, 1.165) is 38.4 Å². The third-order valence-electron chi connectivity index (χ3n) is 6.24. The number of alkyl halides is 3. The molecule has 1 aliphatic heterocycles. The number of aliphatic carboxylic acids is 1. The second-order valence-corrected chi connectivity index (χ2v) is 12.1. The first-order valence-corrected chi connectivity index (χ1v) is 14.8. The molecule has 1 atom stereocenters. The van der Waals surface area contributed by atoms with E-state index in [4.69, 9.17) is 14.6 Å². The van der Waals surface area contributed by atoms with Gasteiger partial charge in [-0.3, -0.25) is 4.72 Å². The molecule has 0 saturated carbocycles. The summed E-state index contributed by atoms with van der Waals surface area (Å²) in [5, 5.41) is 32.0. The molecule has 222 valence electrons. The Bertz CT molecular complexity index is 1720. The van der Waals surface area contributed by atoms with Crippen LogP contribution in [0.2, 0.25) is 0 Å². The Morgan fingerprint density at radius 1 is 0.976 bits per heavy atom. The van der Waals surface area contributed by atoms with Crippen molar-refractivity contribution in [3.05, 3.63) is 87.5 Å². The number of fused-ring (bicyclic) bond motifs is 2. The number of carboxylic acid groups (broad SMARTS) is 1. The topological polar surface area (TPSA) is 145 Å². The predicted octanol–water partition coefficient (Wildman–Crippen LogP) is 5.56. The number of phenols is 2.